The van der Waals surface area contributed by atoms with E-state index in [0.717, 1.165) is 0 Å². The Balaban J connectivity index is 2.62. The van der Waals surface area contributed by atoms with Gasteiger partial charge in [-0.05, 0) is 18.4 Å². The highest BCUT2D eigenvalue weighted by atomic mass is 32.2. The van der Waals surface area contributed by atoms with E-state index in [4.69, 9.17) is 0 Å². The number of hydrogen-bond donors (Lipinski definition) is 1. The fourth-order valence-electron chi connectivity index (χ4n) is 1.23. The van der Waals surface area contributed by atoms with Crippen LogP contribution in [0.1, 0.15) is 5.69 Å². The smallest absolute Gasteiger partial charge is 0.279 e. The molecule has 0 aromatic carbocycles. The number of H-pyrrole nitrogens is 1. The van der Waals surface area contributed by atoms with E-state index in [1.54, 1.807) is 6.26 Å². The van der Waals surface area contributed by atoms with Crippen molar-refractivity contribution in [1.29, 1.82) is 0 Å². The first-order valence-electron chi connectivity index (χ1n) is 4.67. The van der Waals surface area contributed by atoms with Crippen LogP contribution in [0.2, 0.25) is 0 Å². The van der Waals surface area contributed by atoms with Gasteiger partial charge < -0.3 is 0 Å². The molecule has 7 heteroatoms. The monoisotopic (exact) mass is 248 g/mol. The SMILES string of the molecule is CSc1nc2ncc(C=CC=O)nc2c(=O)[nH]1. The zero-order valence-corrected chi connectivity index (χ0v) is 9.69. The van der Waals surface area contributed by atoms with Crippen molar-refractivity contribution < 1.29 is 4.79 Å². The molecule has 2 aromatic heterocycles. The highest BCUT2D eigenvalue weighted by molar-refractivity contribution is 7.98. The number of aromatic nitrogens is 4. The Morgan fingerprint density at radius 2 is 2.24 bits per heavy atom. The molecule has 6 nitrogen and oxygen atoms in total. The lowest BCUT2D eigenvalue weighted by molar-refractivity contribution is -0.104. The quantitative estimate of drug-likeness (QED) is 0.371. The second-order valence-corrected chi connectivity index (χ2v) is 3.83. The van der Waals surface area contributed by atoms with Crippen molar-refractivity contribution in [2.45, 2.75) is 5.16 Å². The summed E-state index contributed by atoms with van der Waals surface area (Å²) >= 11 is 1.32. The van der Waals surface area contributed by atoms with Gasteiger partial charge in [-0.25, -0.2) is 15.0 Å². The third-order valence-corrected chi connectivity index (χ3v) is 2.53. The maximum absolute atomic E-state index is 11.7. The van der Waals surface area contributed by atoms with Crippen molar-refractivity contribution in [3.63, 3.8) is 0 Å². The second-order valence-electron chi connectivity index (χ2n) is 3.04. The molecule has 0 fully saturated rings. The van der Waals surface area contributed by atoms with Crippen LogP contribution in [0.4, 0.5) is 0 Å². The molecule has 0 aliphatic carbocycles. The van der Waals surface area contributed by atoms with E-state index in [-0.39, 0.29) is 11.1 Å². The molecule has 86 valence electrons. The molecule has 0 unspecified atom stereocenters. The molecule has 0 radical (unpaired) electrons. The van der Waals surface area contributed by atoms with Crippen LogP contribution in [-0.2, 0) is 4.79 Å². The normalized spacial score (nSPS) is 11.1. The van der Waals surface area contributed by atoms with Crippen LogP contribution in [-0.4, -0.2) is 32.5 Å². The van der Waals surface area contributed by atoms with Gasteiger partial charge in [-0.2, -0.15) is 0 Å². The summed E-state index contributed by atoms with van der Waals surface area (Å²) in [6.07, 6.45) is 6.65. The number of allylic oxidation sites excluding steroid dienone is 1. The standard InChI is InChI=1S/C10H8N4O2S/c1-17-10-13-8-7(9(16)14-10)12-6(5-11-8)3-2-4-15/h2-5H,1H3,(H,11,13,14,16). The summed E-state index contributed by atoms with van der Waals surface area (Å²) in [4.78, 5) is 36.6. The van der Waals surface area contributed by atoms with Crippen LogP contribution in [0, 0.1) is 0 Å². The number of aromatic amines is 1. The summed E-state index contributed by atoms with van der Waals surface area (Å²) in [6, 6.07) is 0. The van der Waals surface area contributed by atoms with Gasteiger partial charge >= 0.3 is 0 Å². The third-order valence-electron chi connectivity index (χ3n) is 1.95. The Kier molecular flexibility index (Phi) is 3.29. The molecule has 0 saturated heterocycles. The maximum atomic E-state index is 11.7. The molecule has 0 spiro atoms. The van der Waals surface area contributed by atoms with E-state index in [2.05, 4.69) is 19.9 Å². The predicted molar refractivity (Wildman–Crippen MR) is 64.8 cm³/mol. The number of carbonyl (C=O) groups excluding carboxylic acids is 1. The lowest BCUT2D eigenvalue weighted by Gasteiger charge is -1.99. The molecule has 0 aliphatic rings. The van der Waals surface area contributed by atoms with Gasteiger partial charge in [-0.1, -0.05) is 11.8 Å². The molecule has 0 aliphatic heterocycles. The fraction of sp³-hybridized carbons (Fsp3) is 0.100. The summed E-state index contributed by atoms with van der Waals surface area (Å²) in [5.74, 6) is 0. The number of nitrogens with one attached hydrogen (secondary N) is 1. The van der Waals surface area contributed by atoms with Gasteiger partial charge in [0.1, 0.15) is 6.29 Å². The zero-order chi connectivity index (χ0) is 12.3. The first kappa shape index (κ1) is 11.5. The summed E-state index contributed by atoms with van der Waals surface area (Å²) in [5.41, 5.74) is 0.555. The highest BCUT2D eigenvalue weighted by Gasteiger charge is 2.06. The number of fused-ring (bicyclic) bond motifs is 1. The predicted octanol–water partition coefficient (Wildman–Crippen LogP) is 0.647. The minimum atomic E-state index is -0.340. The first-order valence-corrected chi connectivity index (χ1v) is 5.90. The van der Waals surface area contributed by atoms with Crippen LogP contribution >= 0.6 is 11.8 Å². The van der Waals surface area contributed by atoms with Crippen molar-refractivity contribution in [1.82, 2.24) is 19.9 Å². The average Bonchev–Trinajstić information content (AvgIpc) is 2.36. The largest absolute Gasteiger partial charge is 0.299 e. The van der Waals surface area contributed by atoms with Gasteiger partial charge in [0.25, 0.3) is 5.56 Å². The lowest BCUT2D eigenvalue weighted by Crippen LogP contribution is -2.12. The van der Waals surface area contributed by atoms with Crippen LogP contribution in [0.15, 0.2) is 22.2 Å². The molecule has 0 amide bonds. The number of rotatable bonds is 3. The second kappa shape index (κ2) is 4.88. The third kappa shape index (κ3) is 2.39. The molecule has 1 N–H and O–H groups in total. The number of hydrogen-bond acceptors (Lipinski definition) is 6. The Morgan fingerprint density at radius 3 is 2.94 bits per heavy atom. The Hall–Kier alpha value is -2.02. The topological polar surface area (TPSA) is 88.6 Å². The van der Waals surface area contributed by atoms with E-state index in [9.17, 15) is 9.59 Å². The van der Waals surface area contributed by atoms with Crippen LogP contribution in [0.25, 0.3) is 17.2 Å². The Labute approximate surface area is 100 Å². The Morgan fingerprint density at radius 1 is 1.41 bits per heavy atom. The molecule has 2 heterocycles. The van der Waals surface area contributed by atoms with Crippen LogP contribution in [0.5, 0.6) is 0 Å². The van der Waals surface area contributed by atoms with Gasteiger partial charge in [0.2, 0.25) is 0 Å². The summed E-state index contributed by atoms with van der Waals surface area (Å²) in [6.45, 7) is 0. The number of thioether (sulfide) groups is 1. The minimum absolute atomic E-state index is 0.163. The average molecular weight is 248 g/mol. The van der Waals surface area contributed by atoms with Gasteiger partial charge in [0.05, 0.1) is 11.9 Å². The van der Waals surface area contributed by atoms with Gasteiger partial charge in [0, 0.05) is 0 Å². The fourth-order valence-corrected chi connectivity index (χ4v) is 1.60. The minimum Gasteiger partial charge on any atom is -0.299 e. The maximum Gasteiger partial charge on any atom is 0.279 e. The van der Waals surface area contributed by atoms with Crippen molar-refractivity contribution in [2.24, 2.45) is 0 Å². The van der Waals surface area contributed by atoms with Gasteiger partial charge in [-0.3, -0.25) is 14.6 Å². The molecule has 17 heavy (non-hydrogen) atoms. The van der Waals surface area contributed by atoms with E-state index in [1.807, 2.05) is 0 Å². The van der Waals surface area contributed by atoms with Gasteiger partial charge in [0.15, 0.2) is 16.3 Å². The zero-order valence-electron chi connectivity index (χ0n) is 8.88. The van der Waals surface area contributed by atoms with E-state index >= 15 is 0 Å². The molecule has 0 atom stereocenters. The van der Waals surface area contributed by atoms with E-state index < -0.39 is 0 Å². The lowest BCUT2D eigenvalue weighted by atomic mass is 10.4. The van der Waals surface area contributed by atoms with Gasteiger partial charge in [-0.15, -0.1) is 0 Å². The summed E-state index contributed by atoms with van der Waals surface area (Å²) in [7, 11) is 0. The molecular formula is C10H8N4O2S. The summed E-state index contributed by atoms with van der Waals surface area (Å²) < 4.78 is 0. The molecule has 0 bridgehead atoms. The van der Waals surface area contributed by atoms with E-state index in [1.165, 1.54) is 30.1 Å². The number of carbonyl (C=O) groups is 1. The van der Waals surface area contributed by atoms with Crippen LogP contribution < -0.4 is 5.56 Å². The van der Waals surface area contributed by atoms with Crippen molar-refractivity contribution >= 4 is 35.3 Å². The highest BCUT2D eigenvalue weighted by Crippen LogP contribution is 2.09. The molecule has 0 saturated carbocycles. The van der Waals surface area contributed by atoms with E-state index in [0.29, 0.717) is 22.8 Å². The van der Waals surface area contributed by atoms with Crippen molar-refractivity contribution in [3.05, 3.63) is 28.3 Å². The molecule has 2 rings (SSSR count). The molecular weight excluding hydrogens is 240 g/mol. The molecule has 2 aromatic rings. The van der Waals surface area contributed by atoms with Crippen LogP contribution in [0.3, 0.4) is 0 Å². The number of nitrogens with zero attached hydrogens (tertiary/aromatic N) is 3. The summed E-state index contributed by atoms with van der Waals surface area (Å²) in [5, 5.41) is 0.494. The number of aldehydes is 1. The first-order chi connectivity index (χ1) is 8.24. The van der Waals surface area contributed by atoms with Crippen molar-refractivity contribution in [3.8, 4) is 0 Å². The Bertz CT molecular complexity index is 650. The van der Waals surface area contributed by atoms with Crippen molar-refractivity contribution in [2.75, 3.05) is 6.26 Å².